The fourth-order valence-corrected chi connectivity index (χ4v) is 3.98. The molecule has 0 radical (unpaired) electrons. The first-order chi connectivity index (χ1) is 16.7. The van der Waals surface area contributed by atoms with Gasteiger partial charge in [0.1, 0.15) is 17.9 Å². The SMILES string of the molecule is N#Cc1cc(-c2ccnc(Nc3ccc(N4CCOCC4)cc3)n2)ccc1OC1CN(C=O)C1. The van der Waals surface area contributed by atoms with Gasteiger partial charge in [0, 0.05) is 36.2 Å². The van der Waals surface area contributed by atoms with Crippen molar-refractivity contribution in [3.05, 3.63) is 60.3 Å². The average molecular weight is 457 g/mol. The van der Waals surface area contributed by atoms with Crippen LogP contribution in [0.4, 0.5) is 17.3 Å². The van der Waals surface area contributed by atoms with Gasteiger partial charge >= 0.3 is 0 Å². The van der Waals surface area contributed by atoms with Crippen LogP contribution < -0.4 is 15.0 Å². The molecule has 1 N–H and O–H groups in total. The lowest BCUT2D eigenvalue weighted by Crippen LogP contribution is -2.52. The third-order valence-corrected chi connectivity index (χ3v) is 5.87. The van der Waals surface area contributed by atoms with E-state index < -0.39 is 0 Å². The third kappa shape index (κ3) is 4.77. The number of amides is 1. The van der Waals surface area contributed by atoms with E-state index in [4.69, 9.17) is 9.47 Å². The van der Waals surface area contributed by atoms with Crippen molar-refractivity contribution in [2.45, 2.75) is 6.10 Å². The van der Waals surface area contributed by atoms with E-state index in [0.717, 1.165) is 49.7 Å². The average Bonchev–Trinajstić information content (AvgIpc) is 2.87. The van der Waals surface area contributed by atoms with Crippen molar-refractivity contribution >= 4 is 23.7 Å². The zero-order valence-corrected chi connectivity index (χ0v) is 18.6. The highest BCUT2D eigenvalue weighted by Crippen LogP contribution is 2.28. The summed E-state index contributed by atoms with van der Waals surface area (Å²) >= 11 is 0. The van der Waals surface area contributed by atoms with E-state index in [1.807, 2.05) is 18.2 Å². The number of nitrogens with one attached hydrogen (secondary N) is 1. The summed E-state index contributed by atoms with van der Waals surface area (Å²) < 4.78 is 11.3. The fourth-order valence-electron chi connectivity index (χ4n) is 3.98. The number of nitriles is 1. The molecule has 0 bridgehead atoms. The molecule has 3 aromatic rings. The number of hydrogen-bond donors (Lipinski definition) is 1. The summed E-state index contributed by atoms with van der Waals surface area (Å²) in [7, 11) is 0. The molecule has 2 saturated heterocycles. The van der Waals surface area contributed by atoms with Crippen molar-refractivity contribution in [3.8, 4) is 23.1 Å². The normalized spacial score (nSPS) is 15.9. The molecule has 2 aliphatic rings. The summed E-state index contributed by atoms with van der Waals surface area (Å²) in [6, 6.07) is 17.6. The van der Waals surface area contributed by atoms with Crippen LogP contribution in [0.15, 0.2) is 54.7 Å². The van der Waals surface area contributed by atoms with Crippen LogP contribution in [0, 0.1) is 11.3 Å². The van der Waals surface area contributed by atoms with Crippen molar-refractivity contribution < 1.29 is 14.3 Å². The molecule has 3 heterocycles. The topological polar surface area (TPSA) is 104 Å². The fraction of sp³-hybridized carbons (Fsp3) is 0.280. The minimum absolute atomic E-state index is 0.0902. The lowest BCUT2D eigenvalue weighted by atomic mass is 10.1. The van der Waals surface area contributed by atoms with E-state index in [9.17, 15) is 10.1 Å². The maximum Gasteiger partial charge on any atom is 0.227 e. The lowest BCUT2D eigenvalue weighted by Gasteiger charge is -2.36. The Balaban J connectivity index is 1.28. The van der Waals surface area contributed by atoms with Crippen molar-refractivity contribution in [3.63, 3.8) is 0 Å². The van der Waals surface area contributed by atoms with Crippen LogP contribution >= 0.6 is 0 Å². The summed E-state index contributed by atoms with van der Waals surface area (Å²) in [6.45, 7) is 4.35. The monoisotopic (exact) mass is 456 g/mol. The maximum atomic E-state index is 10.7. The summed E-state index contributed by atoms with van der Waals surface area (Å²) in [5, 5.41) is 12.9. The summed E-state index contributed by atoms with van der Waals surface area (Å²) in [5.41, 5.74) is 3.96. The van der Waals surface area contributed by atoms with Crippen molar-refractivity contribution in [2.75, 3.05) is 49.6 Å². The Kier molecular flexibility index (Phi) is 6.23. The largest absolute Gasteiger partial charge is 0.485 e. The number of likely N-dealkylation sites (tertiary alicyclic amines) is 1. The number of nitrogens with zero attached hydrogens (tertiary/aromatic N) is 5. The molecule has 34 heavy (non-hydrogen) atoms. The zero-order chi connectivity index (χ0) is 23.3. The number of ether oxygens (including phenoxy) is 2. The Hall–Kier alpha value is -4.16. The molecule has 5 rings (SSSR count). The highest BCUT2D eigenvalue weighted by Gasteiger charge is 2.27. The Bertz CT molecular complexity index is 1200. The number of rotatable bonds is 7. The Morgan fingerprint density at radius 3 is 2.65 bits per heavy atom. The van der Waals surface area contributed by atoms with Gasteiger partial charge in [0.25, 0.3) is 0 Å². The van der Waals surface area contributed by atoms with Gasteiger partial charge in [-0.25, -0.2) is 9.97 Å². The summed E-state index contributed by atoms with van der Waals surface area (Å²) in [4.78, 5) is 23.6. The summed E-state index contributed by atoms with van der Waals surface area (Å²) in [6.07, 6.45) is 2.39. The molecule has 2 aromatic carbocycles. The second kappa shape index (κ2) is 9.77. The Morgan fingerprint density at radius 1 is 1.12 bits per heavy atom. The van der Waals surface area contributed by atoms with Crippen molar-refractivity contribution in [1.82, 2.24) is 14.9 Å². The predicted molar refractivity (Wildman–Crippen MR) is 127 cm³/mol. The van der Waals surface area contributed by atoms with Gasteiger partial charge < -0.3 is 24.6 Å². The molecule has 0 unspecified atom stereocenters. The summed E-state index contributed by atoms with van der Waals surface area (Å²) in [5.74, 6) is 0.980. The first-order valence-corrected chi connectivity index (χ1v) is 11.2. The van der Waals surface area contributed by atoms with Gasteiger partial charge in [-0.15, -0.1) is 0 Å². The van der Waals surface area contributed by atoms with E-state index in [-0.39, 0.29) is 6.10 Å². The predicted octanol–water partition coefficient (Wildman–Crippen LogP) is 2.81. The van der Waals surface area contributed by atoms with Gasteiger partial charge in [0.05, 0.1) is 37.6 Å². The molecular formula is C25H24N6O3. The quantitative estimate of drug-likeness (QED) is 0.542. The van der Waals surface area contributed by atoms with Gasteiger partial charge in [0.15, 0.2) is 0 Å². The first-order valence-electron chi connectivity index (χ1n) is 11.2. The molecule has 9 heteroatoms. The van der Waals surface area contributed by atoms with Crippen LogP contribution in [0.5, 0.6) is 5.75 Å². The molecule has 1 amide bonds. The molecule has 2 aliphatic heterocycles. The lowest BCUT2D eigenvalue weighted by molar-refractivity contribution is -0.126. The van der Waals surface area contributed by atoms with Crippen molar-refractivity contribution in [1.29, 1.82) is 5.26 Å². The van der Waals surface area contributed by atoms with Crippen LogP contribution in [0.2, 0.25) is 0 Å². The number of anilines is 3. The molecule has 1 aromatic heterocycles. The van der Waals surface area contributed by atoms with Crippen LogP contribution in [-0.2, 0) is 9.53 Å². The maximum absolute atomic E-state index is 10.7. The van der Waals surface area contributed by atoms with E-state index in [2.05, 4.69) is 38.4 Å². The standard InChI is InChI=1S/C25H24N6O3/c26-14-19-13-18(1-6-24(19)34-22-15-30(16-22)17-32)23-7-8-27-25(29-23)28-20-2-4-21(5-3-20)31-9-11-33-12-10-31/h1-8,13,17,22H,9-12,15-16H2,(H,27,28,29). The van der Waals surface area contributed by atoms with Gasteiger partial charge in [-0.3, -0.25) is 4.79 Å². The van der Waals surface area contributed by atoms with E-state index >= 15 is 0 Å². The van der Waals surface area contributed by atoms with Crippen molar-refractivity contribution in [2.24, 2.45) is 0 Å². The molecule has 0 saturated carbocycles. The van der Waals surface area contributed by atoms with E-state index in [1.54, 1.807) is 29.3 Å². The smallest absolute Gasteiger partial charge is 0.227 e. The van der Waals surface area contributed by atoms with E-state index in [1.165, 1.54) is 0 Å². The second-order valence-electron chi connectivity index (χ2n) is 8.16. The molecule has 172 valence electrons. The number of carbonyl (C=O) groups excluding carboxylic acids is 1. The highest BCUT2D eigenvalue weighted by atomic mass is 16.5. The molecule has 2 fully saturated rings. The number of morpholine rings is 1. The van der Waals surface area contributed by atoms with Gasteiger partial charge in [-0.1, -0.05) is 0 Å². The molecule has 0 aliphatic carbocycles. The van der Waals surface area contributed by atoms with Gasteiger partial charge in [-0.2, -0.15) is 5.26 Å². The van der Waals surface area contributed by atoms with E-state index in [0.29, 0.717) is 36.0 Å². The minimum atomic E-state index is -0.0902. The molecule has 0 atom stereocenters. The molecule has 0 spiro atoms. The number of carbonyl (C=O) groups is 1. The van der Waals surface area contributed by atoms with Crippen LogP contribution in [0.25, 0.3) is 11.3 Å². The third-order valence-electron chi connectivity index (χ3n) is 5.87. The van der Waals surface area contributed by atoms with Gasteiger partial charge in [-0.05, 0) is 48.5 Å². The van der Waals surface area contributed by atoms with Crippen LogP contribution in [0.3, 0.4) is 0 Å². The van der Waals surface area contributed by atoms with Crippen LogP contribution in [-0.4, -0.2) is 66.8 Å². The van der Waals surface area contributed by atoms with Gasteiger partial charge in [0.2, 0.25) is 12.4 Å². The Labute approximate surface area is 197 Å². The zero-order valence-electron chi connectivity index (χ0n) is 18.6. The second-order valence-corrected chi connectivity index (χ2v) is 8.16. The number of aromatic nitrogens is 2. The Morgan fingerprint density at radius 2 is 1.91 bits per heavy atom. The molecule has 9 nitrogen and oxygen atoms in total. The first kappa shape index (κ1) is 21.7. The molecular weight excluding hydrogens is 432 g/mol. The van der Waals surface area contributed by atoms with Crippen LogP contribution in [0.1, 0.15) is 5.56 Å². The number of benzene rings is 2. The number of hydrogen-bond acceptors (Lipinski definition) is 8. The minimum Gasteiger partial charge on any atom is -0.485 e. The highest BCUT2D eigenvalue weighted by molar-refractivity contribution is 5.66.